The second-order valence-corrected chi connectivity index (χ2v) is 5.92. The molecule has 1 aliphatic carbocycles. The fourth-order valence-corrected chi connectivity index (χ4v) is 2.90. The molecule has 7 heteroatoms. The summed E-state index contributed by atoms with van der Waals surface area (Å²) in [6.07, 6.45) is 6.88. The minimum Gasteiger partial charge on any atom is -0.393 e. The lowest BCUT2D eigenvalue weighted by molar-refractivity contribution is 0.101. The van der Waals surface area contributed by atoms with E-state index in [1.54, 1.807) is 17.1 Å². The highest BCUT2D eigenvalue weighted by atomic mass is 16.3. The number of aromatic nitrogens is 3. The highest BCUT2D eigenvalue weighted by Gasteiger charge is 2.20. The summed E-state index contributed by atoms with van der Waals surface area (Å²) in [5, 5.41) is 23.0. The minimum absolute atomic E-state index is 0.219. The van der Waals surface area contributed by atoms with Crippen LogP contribution in [0.25, 0.3) is 5.69 Å². The van der Waals surface area contributed by atoms with Crippen molar-refractivity contribution >= 4 is 11.7 Å². The molecule has 7 nitrogen and oxygen atoms in total. The van der Waals surface area contributed by atoms with Gasteiger partial charge in [-0.05, 0) is 49.4 Å². The average Bonchev–Trinajstić information content (AvgIpc) is 3.08. The van der Waals surface area contributed by atoms with Gasteiger partial charge in [0.1, 0.15) is 0 Å². The number of anilines is 1. The predicted octanol–water partition coefficient (Wildman–Crippen LogP) is 1.94. The molecule has 1 saturated carbocycles. The molecular weight excluding hydrogens is 294 g/mol. The van der Waals surface area contributed by atoms with Crippen molar-refractivity contribution in [2.75, 3.05) is 11.9 Å². The standard InChI is InChI=1S/C16H21N5O2/c22-15-3-1-2-12(10-15)11-17-16(23)19-13-4-6-14(7-5-13)21-9-8-18-20-21/h4-9,12,15,22H,1-3,10-11H2,(H2,17,19,23). The fraction of sp³-hybridized carbons (Fsp3) is 0.438. The Morgan fingerprint density at radius 2 is 2.13 bits per heavy atom. The maximum absolute atomic E-state index is 11.9. The maximum atomic E-state index is 11.9. The molecule has 0 bridgehead atoms. The van der Waals surface area contributed by atoms with Crippen LogP contribution in [0.5, 0.6) is 0 Å². The molecule has 1 heterocycles. The number of benzene rings is 1. The first kappa shape index (κ1) is 15.5. The third kappa shape index (κ3) is 4.29. The van der Waals surface area contributed by atoms with E-state index < -0.39 is 0 Å². The van der Waals surface area contributed by atoms with E-state index in [0.29, 0.717) is 12.5 Å². The zero-order valence-electron chi connectivity index (χ0n) is 12.9. The second kappa shape index (κ2) is 7.23. The molecule has 0 saturated heterocycles. The van der Waals surface area contributed by atoms with Crippen LogP contribution < -0.4 is 10.6 Å². The van der Waals surface area contributed by atoms with Crippen molar-refractivity contribution in [1.82, 2.24) is 20.3 Å². The maximum Gasteiger partial charge on any atom is 0.319 e. The summed E-state index contributed by atoms with van der Waals surface area (Å²) in [6, 6.07) is 7.14. The number of aliphatic hydroxyl groups is 1. The smallest absolute Gasteiger partial charge is 0.319 e. The Hall–Kier alpha value is -2.41. The SMILES string of the molecule is O=C(NCC1CCCC(O)C1)Nc1ccc(-n2ccnn2)cc1. The summed E-state index contributed by atoms with van der Waals surface area (Å²) in [7, 11) is 0. The lowest BCUT2D eigenvalue weighted by atomic mass is 9.87. The van der Waals surface area contributed by atoms with E-state index in [-0.39, 0.29) is 12.1 Å². The summed E-state index contributed by atoms with van der Waals surface area (Å²) < 4.78 is 1.65. The van der Waals surface area contributed by atoms with Gasteiger partial charge < -0.3 is 15.7 Å². The van der Waals surface area contributed by atoms with Gasteiger partial charge in [0.15, 0.2) is 0 Å². The van der Waals surface area contributed by atoms with Crippen LogP contribution in [0.1, 0.15) is 25.7 Å². The van der Waals surface area contributed by atoms with Gasteiger partial charge in [0.05, 0.1) is 24.2 Å². The summed E-state index contributed by atoms with van der Waals surface area (Å²) in [4.78, 5) is 11.9. The van der Waals surface area contributed by atoms with E-state index in [1.807, 2.05) is 24.3 Å². The molecule has 1 fully saturated rings. The Morgan fingerprint density at radius 3 is 2.83 bits per heavy atom. The third-order valence-electron chi connectivity index (χ3n) is 4.12. The van der Waals surface area contributed by atoms with Gasteiger partial charge in [-0.3, -0.25) is 0 Å². The van der Waals surface area contributed by atoms with E-state index in [2.05, 4.69) is 20.9 Å². The molecule has 1 aromatic heterocycles. The monoisotopic (exact) mass is 315 g/mol. The van der Waals surface area contributed by atoms with Crippen LogP contribution in [-0.2, 0) is 0 Å². The Balaban J connectivity index is 1.48. The first-order valence-corrected chi connectivity index (χ1v) is 7.90. The summed E-state index contributed by atoms with van der Waals surface area (Å²) in [6.45, 7) is 0.597. The van der Waals surface area contributed by atoms with Gasteiger partial charge in [0.25, 0.3) is 0 Å². The molecular formula is C16H21N5O2. The number of rotatable bonds is 4. The molecule has 23 heavy (non-hydrogen) atoms. The Bertz CT molecular complexity index is 626. The van der Waals surface area contributed by atoms with E-state index in [1.165, 1.54) is 0 Å². The number of nitrogens with one attached hydrogen (secondary N) is 2. The number of nitrogens with zero attached hydrogens (tertiary/aromatic N) is 3. The Kier molecular flexibility index (Phi) is 4.87. The van der Waals surface area contributed by atoms with Crippen molar-refractivity contribution in [2.45, 2.75) is 31.8 Å². The van der Waals surface area contributed by atoms with Crippen molar-refractivity contribution in [3.63, 3.8) is 0 Å². The van der Waals surface area contributed by atoms with Crippen LogP contribution in [0.4, 0.5) is 10.5 Å². The molecule has 3 rings (SSSR count). The van der Waals surface area contributed by atoms with Gasteiger partial charge in [-0.2, -0.15) is 0 Å². The van der Waals surface area contributed by atoms with Crippen LogP contribution in [0.3, 0.4) is 0 Å². The Morgan fingerprint density at radius 1 is 1.30 bits per heavy atom. The minimum atomic E-state index is -0.224. The van der Waals surface area contributed by atoms with Crippen molar-refractivity contribution < 1.29 is 9.90 Å². The quantitative estimate of drug-likeness (QED) is 0.804. The number of aliphatic hydroxyl groups excluding tert-OH is 1. The van der Waals surface area contributed by atoms with Crippen LogP contribution in [0.15, 0.2) is 36.7 Å². The van der Waals surface area contributed by atoms with E-state index in [9.17, 15) is 9.90 Å². The van der Waals surface area contributed by atoms with Gasteiger partial charge >= 0.3 is 6.03 Å². The molecule has 2 aromatic rings. The number of carbonyl (C=O) groups is 1. The van der Waals surface area contributed by atoms with Gasteiger partial charge in [-0.1, -0.05) is 11.6 Å². The van der Waals surface area contributed by atoms with Crippen molar-refractivity contribution in [3.05, 3.63) is 36.7 Å². The summed E-state index contributed by atoms with van der Waals surface area (Å²) >= 11 is 0. The predicted molar refractivity (Wildman–Crippen MR) is 86.3 cm³/mol. The highest BCUT2D eigenvalue weighted by Crippen LogP contribution is 2.23. The van der Waals surface area contributed by atoms with E-state index in [0.717, 1.165) is 37.1 Å². The molecule has 2 unspecified atom stereocenters. The molecule has 0 spiro atoms. The lowest BCUT2D eigenvalue weighted by Gasteiger charge is -2.25. The van der Waals surface area contributed by atoms with Gasteiger partial charge in [0, 0.05) is 12.2 Å². The molecule has 122 valence electrons. The first-order valence-electron chi connectivity index (χ1n) is 7.90. The number of amides is 2. The molecule has 2 atom stereocenters. The highest BCUT2D eigenvalue weighted by molar-refractivity contribution is 5.89. The number of carbonyl (C=O) groups excluding carboxylic acids is 1. The van der Waals surface area contributed by atoms with Gasteiger partial charge in [-0.25, -0.2) is 9.48 Å². The zero-order chi connectivity index (χ0) is 16.1. The second-order valence-electron chi connectivity index (χ2n) is 5.92. The molecule has 3 N–H and O–H groups in total. The van der Waals surface area contributed by atoms with E-state index >= 15 is 0 Å². The fourth-order valence-electron chi connectivity index (χ4n) is 2.90. The van der Waals surface area contributed by atoms with Crippen LogP contribution in [0, 0.1) is 5.92 Å². The van der Waals surface area contributed by atoms with Crippen molar-refractivity contribution in [3.8, 4) is 5.69 Å². The summed E-state index contributed by atoms with van der Waals surface area (Å²) in [5.41, 5.74) is 1.60. The molecule has 2 amide bonds. The lowest BCUT2D eigenvalue weighted by Crippen LogP contribution is -2.35. The zero-order valence-corrected chi connectivity index (χ0v) is 12.9. The third-order valence-corrected chi connectivity index (χ3v) is 4.12. The number of hydrogen-bond acceptors (Lipinski definition) is 4. The van der Waals surface area contributed by atoms with E-state index in [4.69, 9.17) is 0 Å². The molecule has 1 aliphatic rings. The van der Waals surface area contributed by atoms with Crippen LogP contribution in [-0.4, -0.2) is 38.8 Å². The van der Waals surface area contributed by atoms with Gasteiger partial charge in [0.2, 0.25) is 0 Å². The first-order chi connectivity index (χ1) is 11.2. The molecule has 0 aliphatic heterocycles. The number of hydrogen-bond donors (Lipinski definition) is 3. The number of urea groups is 1. The van der Waals surface area contributed by atoms with Crippen LogP contribution in [0.2, 0.25) is 0 Å². The molecule has 1 aromatic carbocycles. The average molecular weight is 315 g/mol. The van der Waals surface area contributed by atoms with Crippen molar-refractivity contribution in [1.29, 1.82) is 0 Å². The molecule has 0 radical (unpaired) electrons. The van der Waals surface area contributed by atoms with Gasteiger partial charge in [-0.15, -0.1) is 5.10 Å². The largest absolute Gasteiger partial charge is 0.393 e. The van der Waals surface area contributed by atoms with Crippen LogP contribution >= 0.6 is 0 Å². The topological polar surface area (TPSA) is 92.1 Å². The normalized spacial score (nSPS) is 20.9. The Labute approximate surface area is 134 Å². The summed E-state index contributed by atoms with van der Waals surface area (Å²) in [5.74, 6) is 0.360. The van der Waals surface area contributed by atoms with Crippen molar-refractivity contribution in [2.24, 2.45) is 5.92 Å².